The second kappa shape index (κ2) is 9.04. The maximum atomic E-state index is 12.0. The van der Waals surface area contributed by atoms with Crippen molar-refractivity contribution in [3.8, 4) is 0 Å². The molecule has 1 aromatic rings. The van der Waals surface area contributed by atoms with E-state index in [1.54, 1.807) is 11.8 Å². The average molecular weight is 326 g/mol. The van der Waals surface area contributed by atoms with Crippen molar-refractivity contribution >= 4 is 29.3 Å². The van der Waals surface area contributed by atoms with Gasteiger partial charge in [-0.1, -0.05) is 12.1 Å². The van der Waals surface area contributed by atoms with Crippen molar-refractivity contribution < 1.29 is 19.2 Å². The molecule has 1 amide bonds. The topological polar surface area (TPSA) is 98.5 Å². The van der Waals surface area contributed by atoms with Gasteiger partial charge in [0.2, 0.25) is 5.91 Å². The van der Waals surface area contributed by atoms with E-state index in [2.05, 4.69) is 10.1 Å². The van der Waals surface area contributed by atoms with Gasteiger partial charge in [0.1, 0.15) is 6.04 Å². The van der Waals surface area contributed by atoms with Gasteiger partial charge in [0.15, 0.2) is 0 Å². The molecule has 0 heterocycles. The summed E-state index contributed by atoms with van der Waals surface area (Å²) in [4.78, 5) is 33.6. The predicted molar refractivity (Wildman–Crippen MR) is 83.7 cm³/mol. The second-order valence-electron chi connectivity index (χ2n) is 4.53. The summed E-state index contributed by atoms with van der Waals surface area (Å²) < 4.78 is 4.66. The molecule has 0 saturated carbocycles. The van der Waals surface area contributed by atoms with E-state index in [4.69, 9.17) is 0 Å². The van der Waals surface area contributed by atoms with Crippen LogP contribution in [0.25, 0.3) is 0 Å². The van der Waals surface area contributed by atoms with Crippen molar-refractivity contribution in [1.29, 1.82) is 0 Å². The standard InChI is InChI=1S/C14H18N2O5S/c1-21-14(18)12(7-8-22-2)15-13(17)9-10-3-5-11(6-4-10)16(19)20/h3-6,12H,7-9H2,1-2H3,(H,15,17)/t12-/m1/s1. The van der Waals surface area contributed by atoms with E-state index in [9.17, 15) is 19.7 Å². The van der Waals surface area contributed by atoms with Crippen molar-refractivity contribution in [1.82, 2.24) is 5.32 Å². The number of benzene rings is 1. The molecular formula is C14H18N2O5S. The molecule has 0 bridgehead atoms. The van der Waals surface area contributed by atoms with Gasteiger partial charge in [0, 0.05) is 12.1 Å². The SMILES string of the molecule is COC(=O)[C@@H](CCSC)NC(=O)Cc1ccc([N+](=O)[O-])cc1. The third-order valence-corrected chi connectivity index (χ3v) is 3.59. The van der Waals surface area contributed by atoms with Crippen LogP contribution >= 0.6 is 11.8 Å². The second-order valence-corrected chi connectivity index (χ2v) is 5.51. The Morgan fingerprint density at radius 2 is 2.00 bits per heavy atom. The number of hydrogen-bond donors (Lipinski definition) is 1. The zero-order valence-corrected chi connectivity index (χ0v) is 13.2. The quantitative estimate of drug-likeness (QED) is 0.442. The molecule has 0 aliphatic heterocycles. The number of thioether (sulfide) groups is 1. The van der Waals surface area contributed by atoms with Crippen LogP contribution in [0.5, 0.6) is 0 Å². The Morgan fingerprint density at radius 3 is 2.50 bits per heavy atom. The highest BCUT2D eigenvalue weighted by molar-refractivity contribution is 7.98. The Labute approximate surface area is 132 Å². The molecule has 1 rings (SSSR count). The van der Waals surface area contributed by atoms with Gasteiger partial charge >= 0.3 is 5.97 Å². The van der Waals surface area contributed by atoms with E-state index in [-0.39, 0.29) is 18.0 Å². The molecule has 1 N–H and O–H groups in total. The number of carbonyl (C=O) groups excluding carboxylic acids is 2. The summed E-state index contributed by atoms with van der Waals surface area (Å²) in [6.07, 6.45) is 2.44. The number of nitro benzene ring substituents is 1. The van der Waals surface area contributed by atoms with Crippen LogP contribution in [0.1, 0.15) is 12.0 Å². The number of carbonyl (C=O) groups is 2. The van der Waals surface area contributed by atoms with Crippen molar-refractivity contribution in [2.45, 2.75) is 18.9 Å². The first-order valence-electron chi connectivity index (χ1n) is 6.57. The predicted octanol–water partition coefficient (Wildman–Crippen LogP) is 1.55. The molecule has 120 valence electrons. The highest BCUT2D eigenvalue weighted by Crippen LogP contribution is 2.12. The molecule has 0 unspecified atom stereocenters. The van der Waals surface area contributed by atoms with Crippen molar-refractivity contribution in [3.63, 3.8) is 0 Å². The van der Waals surface area contributed by atoms with Crippen LogP contribution in [0.4, 0.5) is 5.69 Å². The zero-order valence-electron chi connectivity index (χ0n) is 12.4. The van der Waals surface area contributed by atoms with Crippen LogP contribution in [0.3, 0.4) is 0 Å². The number of methoxy groups -OCH3 is 1. The number of esters is 1. The minimum atomic E-state index is -0.678. The molecule has 0 radical (unpaired) electrons. The molecule has 0 aliphatic rings. The fraction of sp³-hybridized carbons (Fsp3) is 0.429. The van der Waals surface area contributed by atoms with Crippen LogP contribution in [-0.4, -0.2) is 42.0 Å². The van der Waals surface area contributed by atoms with E-state index in [1.807, 2.05) is 6.26 Å². The van der Waals surface area contributed by atoms with E-state index in [0.717, 1.165) is 5.75 Å². The van der Waals surface area contributed by atoms with Gasteiger partial charge in [-0.15, -0.1) is 0 Å². The largest absolute Gasteiger partial charge is 0.467 e. The Kier molecular flexibility index (Phi) is 7.38. The van der Waals surface area contributed by atoms with E-state index in [1.165, 1.54) is 31.4 Å². The summed E-state index contributed by atoms with van der Waals surface area (Å²) in [5.41, 5.74) is 0.605. The number of rotatable bonds is 8. The highest BCUT2D eigenvalue weighted by atomic mass is 32.2. The smallest absolute Gasteiger partial charge is 0.328 e. The third kappa shape index (κ3) is 5.72. The zero-order chi connectivity index (χ0) is 16.5. The lowest BCUT2D eigenvalue weighted by Crippen LogP contribution is -2.42. The van der Waals surface area contributed by atoms with Crippen LogP contribution in [0.2, 0.25) is 0 Å². The minimum Gasteiger partial charge on any atom is -0.467 e. The minimum absolute atomic E-state index is 0.0310. The number of nitro groups is 1. The Hall–Kier alpha value is -2.09. The average Bonchev–Trinajstić information content (AvgIpc) is 2.51. The maximum Gasteiger partial charge on any atom is 0.328 e. The van der Waals surface area contributed by atoms with Gasteiger partial charge in [0.25, 0.3) is 5.69 Å². The Bertz CT molecular complexity index is 533. The van der Waals surface area contributed by atoms with Gasteiger partial charge in [-0.2, -0.15) is 11.8 Å². The van der Waals surface area contributed by atoms with Crippen LogP contribution in [0, 0.1) is 10.1 Å². The summed E-state index contributed by atoms with van der Waals surface area (Å²) in [6, 6.07) is 5.05. The van der Waals surface area contributed by atoms with E-state index < -0.39 is 16.9 Å². The van der Waals surface area contributed by atoms with Crippen molar-refractivity contribution in [3.05, 3.63) is 39.9 Å². The fourth-order valence-electron chi connectivity index (χ4n) is 1.79. The molecule has 0 saturated heterocycles. The first-order chi connectivity index (χ1) is 10.5. The van der Waals surface area contributed by atoms with Crippen molar-refractivity contribution in [2.24, 2.45) is 0 Å². The summed E-state index contributed by atoms with van der Waals surface area (Å²) >= 11 is 1.57. The molecule has 0 spiro atoms. The summed E-state index contributed by atoms with van der Waals surface area (Å²) in [5, 5.41) is 13.2. The summed E-state index contributed by atoms with van der Waals surface area (Å²) in [7, 11) is 1.27. The number of hydrogen-bond acceptors (Lipinski definition) is 6. The monoisotopic (exact) mass is 326 g/mol. The molecule has 0 aliphatic carbocycles. The van der Waals surface area contributed by atoms with Gasteiger partial charge in [-0.25, -0.2) is 4.79 Å². The normalized spacial score (nSPS) is 11.5. The Balaban J connectivity index is 2.62. The fourth-order valence-corrected chi connectivity index (χ4v) is 2.26. The molecule has 0 aromatic heterocycles. The third-order valence-electron chi connectivity index (χ3n) is 2.94. The number of nitrogens with one attached hydrogen (secondary N) is 1. The first kappa shape index (κ1) is 18.0. The molecule has 22 heavy (non-hydrogen) atoms. The first-order valence-corrected chi connectivity index (χ1v) is 7.96. The van der Waals surface area contributed by atoms with Gasteiger partial charge in [-0.3, -0.25) is 14.9 Å². The van der Waals surface area contributed by atoms with Gasteiger partial charge < -0.3 is 10.1 Å². The molecule has 0 fully saturated rings. The molecule has 1 aromatic carbocycles. The van der Waals surface area contributed by atoms with Crippen LogP contribution < -0.4 is 5.32 Å². The number of amides is 1. The van der Waals surface area contributed by atoms with Crippen molar-refractivity contribution in [2.75, 3.05) is 19.1 Å². The summed E-state index contributed by atoms with van der Waals surface area (Å²) in [5.74, 6) is -0.0890. The van der Waals surface area contributed by atoms with Gasteiger partial charge in [-0.05, 0) is 24.0 Å². The van der Waals surface area contributed by atoms with E-state index in [0.29, 0.717) is 12.0 Å². The lowest BCUT2D eigenvalue weighted by molar-refractivity contribution is -0.384. The number of nitrogens with zero attached hydrogens (tertiary/aromatic N) is 1. The molecule has 1 atom stereocenters. The van der Waals surface area contributed by atoms with Crippen LogP contribution in [0.15, 0.2) is 24.3 Å². The molecular weight excluding hydrogens is 308 g/mol. The molecule has 7 nitrogen and oxygen atoms in total. The number of ether oxygens (including phenoxy) is 1. The lowest BCUT2D eigenvalue weighted by Gasteiger charge is -2.16. The lowest BCUT2D eigenvalue weighted by atomic mass is 10.1. The summed E-state index contributed by atoms with van der Waals surface area (Å²) in [6.45, 7) is 0. The highest BCUT2D eigenvalue weighted by Gasteiger charge is 2.21. The van der Waals surface area contributed by atoms with Gasteiger partial charge in [0.05, 0.1) is 18.5 Å². The number of non-ortho nitro benzene ring substituents is 1. The van der Waals surface area contributed by atoms with Crippen LogP contribution in [-0.2, 0) is 20.7 Å². The maximum absolute atomic E-state index is 12.0. The van der Waals surface area contributed by atoms with E-state index >= 15 is 0 Å². The Morgan fingerprint density at radius 1 is 1.36 bits per heavy atom. The molecule has 8 heteroatoms.